The molecule has 0 aliphatic heterocycles. The van der Waals surface area contributed by atoms with Gasteiger partial charge in [-0.15, -0.1) is 0 Å². The number of imidazole rings is 1. The molecule has 0 saturated heterocycles. The summed E-state index contributed by atoms with van der Waals surface area (Å²) in [7, 11) is 12.2. The summed E-state index contributed by atoms with van der Waals surface area (Å²) < 4.78 is 0. The minimum atomic E-state index is 0.435. The van der Waals surface area contributed by atoms with Crippen molar-refractivity contribution in [3.63, 3.8) is 0 Å². The van der Waals surface area contributed by atoms with Crippen LogP contribution in [0.25, 0.3) is 0 Å². The van der Waals surface area contributed by atoms with Crippen LogP contribution in [0.5, 0.6) is 5.75 Å². The second-order valence-electron chi connectivity index (χ2n) is 7.15. The molecular weight excluding hydrogens is 314 g/mol. The average molecular weight is 348 g/mol. The zero-order valence-electron chi connectivity index (χ0n) is 16.7. The largest absolute Gasteiger partial charge is 0.507 e. The smallest absolute Gasteiger partial charge is 0.124 e. The lowest BCUT2D eigenvalue weighted by molar-refractivity contribution is 0.365. The first-order valence-electron chi connectivity index (χ1n) is 8.42. The van der Waals surface area contributed by atoms with E-state index in [2.05, 4.69) is 50.9 Å². The molecule has 2 rings (SSSR count). The molecule has 0 spiro atoms. The van der Waals surface area contributed by atoms with E-state index in [0.717, 1.165) is 36.6 Å². The lowest BCUT2D eigenvalue weighted by atomic mass is 10.0. The van der Waals surface area contributed by atoms with Crippen LogP contribution < -0.4 is 0 Å². The summed E-state index contributed by atoms with van der Waals surface area (Å²) in [6.07, 6.45) is 3.53. The molecule has 0 radical (unpaired) electrons. The van der Waals surface area contributed by atoms with Gasteiger partial charge in [0, 0.05) is 43.2 Å². The van der Waals surface area contributed by atoms with E-state index in [1.54, 1.807) is 12.4 Å². The average Bonchev–Trinajstić information content (AvgIpc) is 2.94. The molecule has 0 saturated carbocycles. The number of aryl methyl sites for hydroxylation is 1. The third-order valence-electron chi connectivity index (χ3n) is 3.43. The summed E-state index contributed by atoms with van der Waals surface area (Å²) in [5.74, 6) is 1.40. The van der Waals surface area contributed by atoms with Crippen molar-refractivity contribution in [3.8, 4) is 5.75 Å². The van der Waals surface area contributed by atoms with E-state index in [-0.39, 0.29) is 0 Å². The summed E-state index contributed by atoms with van der Waals surface area (Å²) in [6.45, 7) is 4.32. The molecule has 25 heavy (non-hydrogen) atoms. The Bertz CT molecular complexity index is 590. The van der Waals surface area contributed by atoms with E-state index in [1.165, 1.54) is 5.56 Å². The van der Waals surface area contributed by atoms with Gasteiger partial charge in [-0.05, 0) is 66.9 Å². The highest BCUT2D eigenvalue weighted by Crippen LogP contribution is 2.27. The summed E-state index contributed by atoms with van der Waals surface area (Å²) in [5, 5.41) is 10.4. The van der Waals surface area contributed by atoms with Crippen LogP contribution in [-0.2, 0) is 19.6 Å². The lowest BCUT2D eigenvalue weighted by Gasteiger charge is -2.19. The molecule has 0 aliphatic carbocycles. The van der Waals surface area contributed by atoms with Gasteiger partial charge in [0.2, 0.25) is 0 Å². The van der Waals surface area contributed by atoms with Gasteiger partial charge in [0.05, 0.1) is 0 Å². The number of aromatic nitrogens is 2. The molecule has 1 aromatic carbocycles. The van der Waals surface area contributed by atoms with Crippen molar-refractivity contribution in [2.45, 2.75) is 26.6 Å². The fraction of sp³-hybridized carbons (Fsp3) is 0.526. The molecule has 2 N–H and O–H groups in total. The fourth-order valence-electron chi connectivity index (χ4n) is 2.56. The first kappa shape index (κ1) is 21.2. The molecule has 0 amide bonds. The maximum Gasteiger partial charge on any atom is 0.124 e. The van der Waals surface area contributed by atoms with E-state index in [4.69, 9.17) is 0 Å². The molecule has 1 aromatic heterocycles. The topological polar surface area (TPSA) is 58.6 Å². The monoisotopic (exact) mass is 347 g/mol. The molecule has 140 valence electrons. The number of aromatic amines is 1. The summed E-state index contributed by atoms with van der Waals surface area (Å²) in [5.41, 5.74) is 3.25. The molecular formula is C19H33N5O. The summed E-state index contributed by atoms with van der Waals surface area (Å²) in [6, 6.07) is 4.21. The predicted molar refractivity (Wildman–Crippen MR) is 104 cm³/mol. The van der Waals surface area contributed by atoms with Crippen molar-refractivity contribution in [1.29, 1.82) is 0 Å². The standard InChI is InChI=1S/C15H27N3O.C4H6N2/c1-16(2)9-12-7-13(10-17(3)4)15(19)14(8-12)11-18(5)6;1-4-5-2-3-6-4/h7-8,19H,9-11H2,1-6H3;2-3H,1H3,(H,5,6). The van der Waals surface area contributed by atoms with Gasteiger partial charge in [0.15, 0.2) is 0 Å². The number of phenols is 1. The Balaban J connectivity index is 0.000000435. The van der Waals surface area contributed by atoms with Crippen LogP contribution in [0, 0.1) is 6.92 Å². The van der Waals surface area contributed by atoms with Crippen molar-refractivity contribution in [2.24, 2.45) is 0 Å². The van der Waals surface area contributed by atoms with E-state index < -0.39 is 0 Å². The number of phenolic OH excluding ortho intramolecular Hbond substituents is 1. The molecule has 6 heteroatoms. The zero-order chi connectivity index (χ0) is 19.0. The van der Waals surface area contributed by atoms with E-state index in [1.807, 2.05) is 35.1 Å². The Morgan fingerprint density at radius 3 is 1.64 bits per heavy atom. The van der Waals surface area contributed by atoms with E-state index in [9.17, 15) is 5.11 Å². The minimum absolute atomic E-state index is 0.435. The number of nitrogens with one attached hydrogen (secondary N) is 1. The van der Waals surface area contributed by atoms with Crippen LogP contribution in [0.3, 0.4) is 0 Å². The highest BCUT2D eigenvalue weighted by atomic mass is 16.3. The van der Waals surface area contributed by atoms with Gasteiger partial charge in [-0.2, -0.15) is 0 Å². The number of rotatable bonds is 6. The number of hydrogen-bond donors (Lipinski definition) is 2. The van der Waals surface area contributed by atoms with Crippen LogP contribution in [0.15, 0.2) is 24.5 Å². The van der Waals surface area contributed by atoms with E-state index >= 15 is 0 Å². The Kier molecular flexibility index (Phi) is 8.61. The van der Waals surface area contributed by atoms with E-state index in [0.29, 0.717) is 5.75 Å². The minimum Gasteiger partial charge on any atom is -0.507 e. The number of hydrogen-bond acceptors (Lipinski definition) is 5. The third kappa shape index (κ3) is 8.16. The quantitative estimate of drug-likeness (QED) is 0.840. The molecule has 0 bridgehead atoms. The second-order valence-corrected chi connectivity index (χ2v) is 7.15. The number of benzene rings is 1. The molecule has 0 unspecified atom stereocenters. The zero-order valence-corrected chi connectivity index (χ0v) is 16.7. The first-order chi connectivity index (χ1) is 11.7. The maximum absolute atomic E-state index is 10.4. The van der Waals surface area contributed by atoms with Crippen LogP contribution in [-0.4, -0.2) is 72.1 Å². The third-order valence-corrected chi connectivity index (χ3v) is 3.43. The van der Waals surface area contributed by atoms with Gasteiger partial charge >= 0.3 is 0 Å². The van der Waals surface area contributed by atoms with Gasteiger partial charge in [0.1, 0.15) is 11.6 Å². The normalized spacial score (nSPS) is 11.1. The van der Waals surface area contributed by atoms with Crippen molar-refractivity contribution in [1.82, 2.24) is 24.7 Å². The van der Waals surface area contributed by atoms with Gasteiger partial charge in [-0.3, -0.25) is 0 Å². The fourth-order valence-corrected chi connectivity index (χ4v) is 2.56. The Labute approximate surface area is 152 Å². The Morgan fingerprint density at radius 2 is 1.36 bits per heavy atom. The molecule has 0 atom stereocenters. The first-order valence-corrected chi connectivity index (χ1v) is 8.42. The lowest BCUT2D eigenvalue weighted by Crippen LogP contribution is -2.16. The molecule has 6 nitrogen and oxygen atoms in total. The van der Waals surface area contributed by atoms with Crippen LogP contribution in [0.1, 0.15) is 22.5 Å². The molecule has 1 heterocycles. The second kappa shape index (κ2) is 10.2. The molecule has 2 aromatic rings. The van der Waals surface area contributed by atoms with Crippen molar-refractivity contribution in [2.75, 3.05) is 42.3 Å². The van der Waals surface area contributed by atoms with Gasteiger partial charge in [-0.25, -0.2) is 4.98 Å². The van der Waals surface area contributed by atoms with Crippen LogP contribution in [0.2, 0.25) is 0 Å². The summed E-state index contributed by atoms with van der Waals surface area (Å²) >= 11 is 0. The van der Waals surface area contributed by atoms with Gasteiger partial charge in [0.25, 0.3) is 0 Å². The SMILES string of the molecule is CN(C)Cc1cc(CN(C)C)c(O)c(CN(C)C)c1.Cc1ncc[nH]1. The molecule has 0 aliphatic rings. The van der Waals surface area contributed by atoms with Crippen LogP contribution >= 0.6 is 0 Å². The number of H-pyrrole nitrogens is 1. The van der Waals surface area contributed by atoms with Gasteiger partial charge in [-0.1, -0.05) is 0 Å². The number of nitrogens with zero attached hydrogens (tertiary/aromatic N) is 4. The van der Waals surface area contributed by atoms with Crippen LogP contribution in [0.4, 0.5) is 0 Å². The van der Waals surface area contributed by atoms with Crippen molar-refractivity contribution >= 4 is 0 Å². The Morgan fingerprint density at radius 1 is 0.880 bits per heavy atom. The summed E-state index contributed by atoms with van der Waals surface area (Å²) in [4.78, 5) is 13.0. The number of aromatic hydroxyl groups is 1. The highest BCUT2D eigenvalue weighted by molar-refractivity contribution is 5.44. The van der Waals surface area contributed by atoms with Crippen molar-refractivity contribution < 1.29 is 5.11 Å². The molecule has 0 fully saturated rings. The maximum atomic E-state index is 10.4. The van der Waals surface area contributed by atoms with Crippen molar-refractivity contribution in [3.05, 3.63) is 47.0 Å². The Hall–Kier alpha value is -1.89. The van der Waals surface area contributed by atoms with Gasteiger partial charge < -0.3 is 24.8 Å². The predicted octanol–water partition coefficient (Wildman–Crippen LogP) is 2.30. The highest BCUT2D eigenvalue weighted by Gasteiger charge is 2.12.